The van der Waals surface area contributed by atoms with E-state index < -0.39 is 0 Å². The van der Waals surface area contributed by atoms with Gasteiger partial charge in [0.1, 0.15) is 10.8 Å². The zero-order chi connectivity index (χ0) is 14.7. The summed E-state index contributed by atoms with van der Waals surface area (Å²) in [5.74, 6) is -0.282. The first kappa shape index (κ1) is 15.1. The summed E-state index contributed by atoms with van der Waals surface area (Å²) in [6, 6.07) is 6.15. The molecule has 0 saturated carbocycles. The second kappa shape index (κ2) is 6.43. The Kier molecular flexibility index (Phi) is 4.86. The zero-order valence-corrected chi connectivity index (χ0v) is 12.7. The lowest BCUT2D eigenvalue weighted by molar-refractivity contribution is 0.142. The van der Waals surface area contributed by atoms with Crippen LogP contribution in [0.25, 0.3) is 0 Å². The maximum absolute atomic E-state index is 13.3. The number of aliphatic hydroxyl groups is 1. The first-order valence-electron chi connectivity index (χ1n) is 6.50. The highest BCUT2D eigenvalue weighted by Gasteiger charge is 2.18. The van der Waals surface area contributed by atoms with Crippen LogP contribution in [0.2, 0.25) is 0 Å². The van der Waals surface area contributed by atoms with Gasteiger partial charge in [0.05, 0.1) is 24.9 Å². The number of aryl methyl sites for hydroxylation is 2. The summed E-state index contributed by atoms with van der Waals surface area (Å²) in [5.41, 5.74) is 1.82. The number of likely N-dealkylation sites (N-methyl/N-ethyl adjacent to an activating group) is 1. The van der Waals surface area contributed by atoms with Gasteiger partial charge in [-0.15, -0.1) is 11.3 Å². The smallest absolute Gasteiger partial charge is 0.123 e. The van der Waals surface area contributed by atoms with E-state index in [1.807, 2.05) is 31.9 Å². The van der Waals surface area contributed by atoms with Gasteiger partial charge >= 0.3 is 0 Å². The molecule has 2 rings (SSSR count). The fourth-order valence-corrected chi connectivity index (χ4v) is 3.14. The minimum absolute atomic E-state index is 0.0523. The Morgan fingerprint density at radius 2 is 2.15 bits per heavy atom. The van der Waals surface area contributed by atoms with Crippen LogP contribution in [-0.4, -0.2) is 28.6 Å². The summed E-state index contributed by atoms with van der Waals surface area (Å²) in [4.78, 5) is 7.70. The number of hydrogen-bond acceptors (Lipinski definition) is 4. The van der Waals surface area contributed by atoms with Crippen molar-refractivity contribution < 1.29 is 9.50 Å². The van der Waals surface area contributed by atoms with Crippen molar-refractivity contribution in [3.05, 3.63) is 51.2 Å². The van der Waals surface area contributed by atoms with E-state index >= 15 is 0 Å². The van der Waals surface area contributed by atoms with E-state index in [9.17, 15) is 9.50 Å². The molecular formula is C15H19FN2OS. The predicted molar refractivity (Wildman–Crippen MR) is 79.3 cm³/mol. The van der Waals surface area contributed by atoms with Crippen LogP contribution in [0.5, 0.6) is 0 Å². The molecule has 1 heterocycles. The molecule has 0 unspecified atom stereocenters. The topological polar surface area (TPSA) is 36.4 Å². The van der Waals surface area contributed by atoms with Gasteiger partial charge < -0.3 is 5.11 Å². The second-order valence-electron chi connectivity index (χ2n) is 4.92. The summed E-state index contributed by atoms with van der Waals surface area (Å²) in [7, 11) is 1.91. The lowest BCUT2D eigenvalue weighted by Crippen LogP contribution is -2.27. The van der Waals surface area contributed by atoms with Crippen molar-refractivity contribution in [2.75, 3.05) is 13.7 Å². The molecule has 1 N–H and O–H groups in total. The summed E-state index contributed by atoms with van der Waals surface area (Å²) < 4.78 is 13.3. The number of halogens is 1. The number of aromatic nitrogens is 1. The van der Waals surface area contributed by atoms with Crippen molar-refractivity contribution in [1.82, 2.24) is 9.88 Å². The Labute approximate surface area is 122 Å². The molecule has 0 aliphatic heterocycles. The maximum Gasteiger partial charge on any atom is 0.123 e. The standard InChI is InChI=1S/C15H19FN2OS/c1-10-11(2)20-15(17-10)8-18(3)14(9-19)12-5-4-6-13(16)7-12/h4-7,14,19H,8-9H2,1-3H3/t14-/m0/s1. The van der Waals surface area contributed by atoms with Crippen molar-refractivity contribution in [2.45, 2.75) is 26.4 Å². The minimum atomic E-state index is -0.282. The van der Waals surface area contributed by atoms with Crippen LogP contribution < -0.4 is 0 Å². The van der Waals surface area contributed by atoms with Crippen molar-refractivity contribution in [3.63, 3.8) is 0 Å². The van der Waals surface area contributed by atoms with E-state index in [1.165, 1.54) is 17.0 Å². The summed E-state index contributed by atoms with van der Waals surface area (Å²) in [6.45, 7) is 4.63. The number of benzene rings is 1. The largest absolute Gasteiger partial charge is 0.394 e. The van der Waals surface area contributed by atoms with Crippen molar-refractivity contribution in [2.24, 2.45) is 0 Å². The molecule has 1 aromatic heterocycles. The van der Waals surface area contributed by atoms with Crippen LogP contribution in [0.15, 0.2) is 24.3 Å². The SMILES string of the molecule is Cc1nc(CN(C)[C@@H](CO)c2cccc(F)c2)sc1C. The molecule has 1 atom stereocenters. The normalized spacial score (nSPS) is 12.9. The Bertz CT molecular complexity index is 566. The number of aliphatic hydroxyl groups excluding tert-OH is 1. The number of thiazole rings is 1. The Balaban J connectivity index is 2.15. The highest BCUT2D eigenvalue weighted by atomic mass is 32.1. The van der Waals surface area contributed by atoms with Gasteiger partial charge in [-0.25, -0.2) is 9.37 Å². The van der Waals surface area contributed by atoms with Gasteiger partial charge in [-0.2, -0.15) is 0 Å². The third-order valence-electron chi connectivity index (χ3n) is 3.40. The molecule has 0 spiro atoms. The Morgan fingerprint density at radius 3 is 2.70 bits per heavy atom. The van der Waals surface area contributed by atoms with Crippen molar-refractivity contribution >= 4 is 11.3 Å². The predicted octanol–water partition coefficient (Wildman–Crippen LogP) is 3.06. The highest BCUT2D eigenvalue weighted by Crippen LogP contribution is 2.24. The number of hydrogen-bond donors (Lipinski definition) is 1. The molecule has 108 valence electrons. The van der Waals surface area contributed by atoms with Crippen LogP contribution in [0.3, 0.4) is 0 Å². The van der Waals surface area contributed by atoms with Crippen LogP contribution in [0.4, 0.5) is 4.39 Å². The van der Waals surface area contributed by atoms with Gasteiger partial charge in [0.25, 0.3) is 0 Å². The highest BCUT2D eigenvalue weighted by molar-refractivity contribution is 7.11. The molecule has 0 amide bonds. The zero-order valence-electron chi connectivity index (χ0n) is 11.9. The molecule has 0 aliphatic carbocycles. The van der Waals surface area contributed by atoms with E-state index in [0.29, 0.717) is 6.54 Å². The van der Waals surface area contributed by atoms with E-state index in [4.69, 9.17) is 0 Å². The van der Waals surface area contributed by atoms with Crippen LogP contribution in [-0.2, 0) is 6.54 Å². The van der Waals surface area contributed by atoms with Gasteiger partial charge in [-0.3, -0.25) is 4.90 Å². The number of nitrogens with zero attached hydrogens (tertiary/aromatic N) is 2. The number of rotatable bonds is 5. The quantitative estimate of drug-likeness (QED) is 0.920. The molecule has 1 aromatic carbocycles. The molecule has 0 radical (unpaired) electrons. The van der Waals surface area contributed by atoms with E-state index in [0.717, 1.165) is 16.3 Å². The van der Waals surface area contributed by atoms with Crippen molar-refractivity contribution in [1.29, 1.82) is 0 Å². The molecule has 0 fully saturated rings. The third-order valence-corrected chi connectivity index (χ3v) is 4.45. The van der Waals surface area contributed by atoms with Crippen LogP contribution in [0, 0.1) is 19.7 Å². The van der Waals surface area contributed by atoms with E-state index in [-0.39, 0.29) is 18.5 Å². The van der Waals surface area contributed by atoms with Crippen LogP contribution >= 0.6 is 11.3 Å². The third kappa shape index (κ3) is 3.42. The van der Waals surface area contributed by atoms with Crippen molar-refractivity contribution in [3.8, 4) is 0 Å². The maximum atomic E-state index is 13.3. The summed E-state index contributed by atoms with van der Waals surface area (Å²) >= 11 is 1.66. The molecule has 0 bridgehead atoms. The molecule has 5 heteroatoms. The molecule has 0 saturated heterocycles. The Morgan fingerprint density at radius 1 is 1.40 bits per heavy atom. The molecule has 3 nitrogen and oxygen atoms in total. The minimum Gasteiger partial charge on any atom is -0.394 e. The summed E-state index contributed by atoms with van der Waals surface area (Å²) in [5, 5.41) is 10.6. The monoisotopic (exact) mass is 294 g/mol. The molecule has 20 heavy (non-hydrogen) atoms. The fraction of sp³-hybridized carbons (Fsp3) is 0.400. The van der Waals surface area contributed by atoms with E-state index in [1.54, 1.807) is 17.4 Å². The van der Waals surface area contributed by atoms with Crippen LogP contribution in [0.1, 0.15) is 27.2 Å². The molecule has 0 aliphatic rings. The first-order valence-corrected chi connectivity index (χ1v) is 7.32. The molecular weight excluding hydrogens is 275 g/mol. The molecule has 2 aromatic rings. The lowest BCUT2D eigenvalue weighted by atomic mass is 10.1. The average Bonchev–Trinajstić information content (AvgIpc) is 2.69. The van der Waals surface area contributed by atoms with Gasteiger partial charge in [-0.05, 0) is 38.6 Å². The van der Waals surface area contributed by atoms with Gasteiger partial charge in [0, 0.05) is 4.88 Å². The van der Waals surface area contributed by atoms with Gasteiger partial charge in [0.2, 0.25) is 0 Å². The lowest BCUT2D eigenvalue weighted by Gasteiger charge is -2.26. The Hall–Kier alpha value is -1.30. The summed E-state index contributed by atoms with van der Waals surface area (Å²) in [6.07, 6.45) is 0. The first-order chi connectivity index (χ1) is 9.51. The van der Waals surface area contributed by atoms with Gasteiger partial charge in [-0.1, -0.05) is 12.1 Å². The average molecular weight is 294 g/mol. The van der Waals surface area contributed by atoms with E-state index in [2.05, 4.69) is 4.98 Å². The second-order valence-corrected chi connectivity index (χ2v) is 6.21. The van der Waals surface area contributed by atoms with Gasteiger partial charge in [0.15, 0.2) is 0 Å². The fourth-order valence-electron chi connectivity index (χ4n) is 2.14.